The fourth-order valence-corrected chi connectivity index (χ4v) is 10.5. The van der Waals surface area contributed by atoms with E-state index in [1.807, 2.05) is 0 Å². The largest absolute Gasteiger partial charge is 1.00 e. The zero-order chi connectivity index (χ0) is 17.8. The van der Waals surface area contributed by atoms with Crippen molar-refractivity contribution in [1.82, 2.24) is 0 Å². The first-order valence-corrected chi connectivity index (χ1v) is 11.8. The summed E-state index contributed by atoms with van der Waals surface area (Å²) in [5, 5.41) is 0. The number of rotatable bonds is 3. The minimum Gasteiger partial charge on any atom is -1.00 e. The van der Waals surface area contributed by atoms with Gasteiger partial charge in [0, 0.05) is 0 Å². The Labute approximate surface area is 184 Å². The van der Waals surface area contributed by atoms with E-state index < -0.39 is 23.2 Å². The topological polar surface area (TPSA) is 0 Å². The molecule has 0 heterocycles. The molecule has 0 fully saturated rings. The summed E-state index contributed by atoms with van der Waals surface area (Å²) in [5.74, 6) is 0. The molecular formula is C23H30Cl2Zr. The van der Waals surface area contributed by atoms with E-state index in [0.717, 1.165) is 3.63 Å². The molecule has 0 bridgehead atoms. The molecule has 3 heteroatoms. The average molecular weight is 469 g/mol. The van der Waals surface area contributed by atoms with Gasteiger partial charge in [0.25, 0.3) is 0 Å². The van der Waals surface area contributed by atoms with Crippen molar-refractivity contribution < 1.29 is 48.0 Å². The molecule has 0 saturated carbocycles. The van der Waals surface area contributed by atoms with Crippen molar-refractivity contribution in [2.75, 3.05) is 0 Å². The number of allylic oxidation sites excluding steroid dienone is 5. The third-order valence-electron chi connectivity index (χ3n) is 6.73. The maximum absolute atomic E-state index is 2.49. The van der Waals surface area contributed by atoms with Crippen LogP contribution < -0.4 is 24.8 Å². The molecule has 0 N–H and O–H groups in total. The Kier molecular flexibility index (Phi) is 7.83. The van der Waals surface area contributed by atoms with E-state index in [2.05, 4.69) is 73.6 Å². The van der Waals surface area contributed by atoms with Crippen molar-refractivity contribution in [2.45, 2.75) is 68.6 Å². The normalized spacial score (nSPS) is 20.3. The third kappa shape index (κ3) is 3.38. The molecule has 2 aliphatic rings. The molecule has 3 rings (SSSR count). The molecule has 0 aliphatic heterocycles. The quantitative estimate of drug-likeness (QED) is 0.624. The van der Waals surface area contributed by atoms with E-state index in [1.54, 1.807) is 33.4 Å². The van der Waals surface area contributed by atoms with Crippen molar-refractivity contribution in [3.63, 3.8) is 0 Å². The number of hydrogen-bond acceptors (Lipinski definition) is 0. The van der Waals surface area contributed by atoms with Gasteiger partial charge in [-0.1, -0.05) is 0 Å². The molecule has 0 saturated heterocycles. The fourth-order valence-electron chi connectivity index (χ4n) is 4.73. The van der Waals surface area contributed by atoms with Crippen molar-refractivity contribution in [1.29, 1.82) is 0 Å². The minimum absolute atomic E-state index is 0. The van der Waals surface area contributed by atoms with Crippen LogP contribution in [0.1, 0.15) is 73.8 Å². The van der Waals surface area contributed by atoms with E-state index in [4.69, 9.17) is 0 Å². The Bertz CT molecular complexity index is 788. The molecule has 0 spiro atoms. The van der Waals surface area contributed by atoms with Crippen LogP contribution in [0.5, 0.6) is 0 Å². The van der Waals surface area contributed by atoms with E-state index in [9.17, 15) is 0 Å². The van der Waals surface area contributed by atoms with Gasteiger partial charge in [-0.2, -0.15) is 0 Å². The smallest absolute Gasteiger partial charge is 1.00 e. The van der Waals surface area contributed by atoms with Crippen LogP contribution in [0.25, 0.3) is 6.08 Å². The molecule has 2 aliphatic carbocycles. The van der Waals surface area contributed by atoms with Crippen LogP contribution in [0.4, 0.5) is 0 Å². The maximum Gasteiger partial charge on any atom is -1.00 e. The standard InChI is InChI=1S/C12H13.C11H17.2ClH.Zr/c1-8-6-11-9(2)4-5-10(3)12(11)7-8;1-6-11-9(4)7(2)8(3)10(11)5;;;/h4-7H,1-3H3;6H2,1-5H3;2*1H;/q;;;;+2/p-2. The van der Waals surface area contributed by atoms with Gasteiger partial charge in [0.05, 0.1) is 0 Å². The molecule has 140 valence electrons. The molecule has 1 unspecified atom stereocenters. The summed E-state index contributed by atoms with van der Waals surface area (Å²) in [7, 11) is 0. The Morgan fingerprint density at radius 1 is 0.846 bits per heavy atom. The Balaban J connectivity index is 0.00000169. The van der Waals surface area contributed by atoms with Crippen LogP contribution in [0.2, 0.25) is 3.12 Å². The summed E-state index contributed by atoms with van der Waals surface area (Å²) >= 11 is -0.736. The van der Waals surface area contributed by atoms with Crippen molar-refractivity contribution in [3.8, 4) is 0 Å². The van der Waals surface area contributed by atoms with Crippen LogP contribution in [0, 0.1) is 13.8 Å². The van der Waals surface area contributed by atoms with Gasteiger partial charge in [-0.15, -0.1) is 0 Å². The van der Waals surface area contributed by atoms with Gasteiger partial charge in [-0.05, 0) is 0 Å². The Morgan fingerprint density at radius 3 is 1.85 bits per heavy atom. The predicted octanol–water partition coefficient (Wildman–Crippen LogP) is 1.11. The molecule has 26 heavy (non-hydrogen) atoms. The SMILES string of the molecule is CC[C]1([Zr+2][CH]2C(C)=Cc3c(C)ccc(C)c32)C(C)=C(C)C(C)=C1C.[Cl-].[Cl-]. The molecule has 0 radical (unpaired) electrons. The van der Waals surface area contributed by atoms with E-state index in [1.165, 1.54) is 23.1 Å². The second kappa shape index (κ2) is 8.50. The van der Waals surface area contributed by atoms with Crippen LogP contribution in [-0.2, 0) is 23.2 Å². The predicted molar refractivity (Wildman–Crippen MR) is 102 cm³/mol. The molecule has 0 aromatic heterocycles. The summed E-state index contributed by atoms with van der Waals surface area (Å²) in [6, 6.07) is 4.63. The van der Waals surface area contributed by atoms with Gasteiger partial charge in [0.1, 0.15) is 0 Å². The van der Waals surface area contributed by atoms with Gasteiger partial charge in [-0.25, -0.2) is 0 Å². The van der Waals surface area contributed by atoms with Crippen LogP contribution in [-0.4, -0.2) is 0 Å². The third-order valence-corrected chi connectivity index (χ3v) is 13.2. The van der Waals surface area contributed by atoms with Gasteiger partial charge >= 0.3 is 160 Å². The number of fused-ring (bicyclic) bond motifs is 1. The zero-order valence-corrected chi connectivity index (χ0v) is 21.2. The Hall–Kier alpha value is -0.0969. The van der Waals surface area contributed by atoms with Gasteiger partial charge in [-0.3, -0.25) is 0 Å². The van der Waals surface area contributed by atoms with Crippen molar-refractivity contribution in [3.05, 3.63) is 62.3 Å². The van der Waals surface area contributed by atoms with Crippen LogP contribution in [0.3, 0.4) is 0 Å². The first-order chi connectivity index (χ1) is 11.2. The van der Waals surface area contributed by atoms with Crippen LogP contribution >= 0.6 is 0 Å². The summed E-state index contributed by atoms with van der Waals surface area (Å²) < 4.78 is 1.14. The van der Waals surface area contributed by atoms with Crippen LogP contribution in [0.15, 0.2) is 40.0 Å². The molecular weight excluding hydrogens is 438 g/mol. The first kappa shape index (κ1) is 23.9. The van der Waals surface area contributed by atoms with E-state index >= 15 is 0 Å². The number of benzene rings is 1. The number of aryl methyl sites for hydroxylation is 2. The monoisotopic (exact) mass is 466 g/mol. The average Bonchev–Trinajstić information content (AvgIpc) is 2.97. The Morgan fingerprint density at radius 2 is 1.35 bits per heavy atom. The summed E-state index contributed by atoms with van der Waals surface area (Å²) in [6.07, 6.45) is 3.76. The van der Waals surface area contributed by atoms with E-state index in [0.29, 0.717) is 3.12 Å². The summed E-state index contributed by atoms with van der Waals surface area (Å²) in [6.45, 7) is 18.9. The van der Waals surface area contributed by atoms with Gasteiger partial charge in [0.2, 0.25) is 0 Å². The minimum atomic E-state index is -0.736. The summed E-state index contributed by atoms with van der Waals surface area (Å²) in [5.41, 5.74) is 14.2. The molecule has 1 atom stereocenters. The molecule has 1 aromatic rings. The van der Waals surface area contributed by atoms with Gasteiger partial charge < -0.3 is 24.8 Å². The van der Waals surface area contributed by atoms with Crippen molar-refractivity contribution >= 4 is 6.08 Å². The maximum atomic E-state index is 2.49. The summed E-state index contributed by atoms with van der Waals surface area (Å²) in [4.78, 5) is 0. The second-order valence-electron chi connectivity index (χ2n) is 7.75. The van der Waals surface area contributed by atoms with Crippen molar-refractivity contribution in [2.24, 2.45) is 0 Å². The first-order valence-electron chi connectivity index (χ1n) is 9.16. The zero-order valence-electron chi connectivity index (χ0n) is 17.3. The van der Waals surface area contributed by atoms with E-state index in [-0.39, 0.29) is 24.8 Å². The number of hydrogen-bond donors (Lipinski definition) is 0. The molecule has 1 aromatic carbocycles. The second-order valence-corrected chi connectivity index (χ2v) is 12.0. The fraction of sp³-hybridized carbons (Fsp3) is 0.478. The molecule has 0 amide bonds. The van der Waals surface area contributed by atoms with Gasteiger partial charge in [0.15, 0.2) is 0 Å². The number of halogens is 2. The molecule has 0 nitrogen and oxygen atoms in total.